The lowest BCUT2D eigenvalue weighted by molar-refractivity contribution is -0.144. The van der Waals surface area contributed by atoms with E-state index < -0.39 is 6.04 Å². The van der Waals surface area contributed by atoms with E-state index in [1.54, 1.807) is 6.92 Å². The second-order valence-corrected chi connectivity index (χ2v) is 5.43. The van der Waals surface area contributed by atoms with Crippen LogP contribution in [-0.2, 0) is 9.53 Å². The number of esters is 1. The van der Waals surface area contributed by atoms with Gasteiger partial charge in [0.05, 0.1) is 6.61 Å². The number of hydrogen-bond acceptors (Lipinski definition) is 6. The highest BCUT2D eigenvalue weighted by Gasteiger charge is 2.32. The lowest BCUT2D eigenvalue weighted by Gasteiger charge is -2.35. The van der Waals surface area contributed by atoms with Crippen LogP contribution in [0.5, 0.6) is 0 Å². The second-order valence-electron chi connectivity index (χ2n) is 5.43. The normalized spacial score (nSPS) is 22.1. The maximum absolute atomic E-state index is 12.1. The van der Waals surface area contributed by atoms with Crippen LogP contribution in [0.1, 0.15) is 31.5 Å². The van der Waals surface area contributed by atoms with Gasteiger partial charge in [-0.3, -0.25) is 4.79 Å². The third-order valence-corrected chi connectivity index (χ3v) is 3.81. The molecule has 3 rings (SSSR count). The molecule has 0 amide bonds. The van der Waals surface area contributed by atoms with E-state index in [0.717, 1.165) is 25.2 Å². The molecule has 1 saturated heterocycles. The zero-order valence-corrected chi connectivity index (χ0v) is 12.1. The number of carbonyl (C=O) groups is 1. The fourth-order valence-electron chi connectivity index (χ4n) is 2.59. The number of ether oxygens (including phenoxy) is 1. The predicted molar refractivity (Wildman–Crippen MR) is 77.5 cm³/mol. The second kappa shape index (κ2) is 5.85. The molecular formula is C14H20N4O3. The number of piperazine rings is 1. The van der Waals surface area contributed by atoms with E-state index in [1.807, 2.05) is 4.90 Å². The SMILES string of the molecule is CCOC(=O)C1CNCCN1c1cc(=O)[nH]c(C2CC2)n1. The van der Waals surface area contributed by atoms with Crippen LogP contribution in [0, 0.1) is 0 Å². The van der Waals surface area contributed by atoms with Crippen molar-refractivity contribution in [2.45, 2.75) is 31.7 Å². The molecule has 2 heterocycles. The van der Waals surface area contributed by atoms with E-state index >= 15 is 0 Å². The van der Waals surface area contributed by atoms with Crippen molar-refractivity contribution < 1.29 is 9.53 Å². The molecule has 1 aliphatic carbocycles. The molecule has 1 atom stereocenters. The van der Waals surface area contributed by atoms with Crippen molar-refractivity contribution in [3.63, 3.8) is 0 Å². The summed E-state index contributed by atoms with van der Waals surface area (Å²) in [6.45, 7) is 4.02. The molecule has 2 fully saturated rings. The van der Waals surface area contributed by atoms with Gasteiger partial charge in [-0.05, 0) is 19.8 Å². The molecule has 0 aromatic carbocycles. The minimum absolute atomic E-state index is 0.164. The number of aromatic amines is 1. The van der Waals surface area contributed by atoms with Gasteiger partial charge < -0.3 is 19.9 Å². The molecule has 7 heteroatoms. The van der Waals surface area contributed by atoms with Crippen LogP contribution in [0.3, 0.4) is 0 Å². The van der Waals surface area contributed by atoms with Gasteiger partial charge in [-0.2, -0.15) is 0 Å². The Bertz CT molecular complexity index is 582. The summed E-state index contributed by atoms with van der Waals surface area (Å²) in [4.78, 5) is 33.1. The van der Waals surface area contributed by atoms with Crippen LogP contribution >= 0.6 is 0 Å². The summed E-state index contributed by atoms with van der Waals surface area (Å²) >= 11 is 0. The van der Waals surface area contributed by atoms with E-state index in [1.165, 1.54) is 6.07 Å². The first kappa shape index (κ1) is 14.1. The lowest BCUT2D eigenvalue weighted by atomic mass is 10.2. The third-order valence-electron chi connectivity index (χ3n) is 3.81. The first-order valence-corrected chi connectivity index (χ1v) is 7.44. The molecule has 21 heavy (non-hydrogen) atoms. The van der Waals surface area contributed by atoms with Gasteiger partial charge in [-0.15, -0.1) is 0 Å². The zero-order chi connectivity index (χ0) is 14.8. The number of carbonyl (C=O) groups excluding carboxylic acids is 1. The Balaban J connectivity index is 1.88. The molecule has 0 radical (unpaired) electrons. The van der Waals surface area contributed by atoms with Crippen molar-refractivity contribution in [2.75, 3.05) is 31.1 Å². The number of nitrogens with zero attached hydrogens (tertiary/aromatic N) is 2. The van der Waals surface area contributed by atoms with Crippen molar-refractivity contribution in [1.82, 2.24) is 15.3 Å². The topological polar surface area (TPSA) is 87.3 Å². The molecule has 7 nitrogen and oxygen atoms in total. The highest BCUT2D eigenvalue weighted by molar-refractivity contribution is 5.80. The van der Waals surface area contributed by atoms with E-state index in [2.05, 4.69) is 15.3 Å². The fourth-order valence-corrected chi connectivity index (χ4v) is 2.59. The maximum Gasteiger partial charge on any atom is 0.330 e. The van der Waals surface area contributed by atoms with Crippen LogP contribution in [0.4, 0.5) is 5.82 Å². The highest BCUT2D eigenvalue weighted by Crippen LogP contribution is 2.38. The average molecular weight is 292 g/mol. The Hall–Kier alpha value is -1.89. The highest BCUT2D eigenvalue weighted by atomic mass is 16.5. The van der Waals surface area contributed by atoms with Crippen molar-refractivity contribution in [1.29, 1.82) is 0 Å². The zero-order valence-electron chi connectivity index (χ0n) is 12.1. The molecule has 2 N–H and O–H groups in total. The van der Waals surface area contributed by atoms with Gasteiger partial charge in [0.1, 0.15) is 17.7 Å². The fraction of sp³-hybridized carbons (Fsp3) is 0.643. The Morgan fingerprint density at radius 1 is 1.52 bits per heavy atom. The molecule has 1 aromatic heterocycles. The van der Waals surface area contributed by atoms with Crippen molar-refractivity contribution in [3.8, 4) is 0 Å². The minimum atomic E-state index is -0.431. The molecule has 0 bridgehead atoms. The molecule has 2 aliphatic rings. The quantitative estimate of drug-likeness (QED) is 0.759. The number of hydrogen-bond donors (Lipinski definition) is 2. The van der Waals surface area contributed by atoms with Gasteiger partial charge in [0.2, 0.25) is 0 Å². The van der Waals surface area contributed by atoms with E-state index in [9.17, 15) is 9.59 Å². The molecular weight excluding hydrogens is 272 g/mol. The lowest BCUT2D eigenvalue weighted by Crippen LogP contribution is -2.56. The van der Waals surface area contributed by atoms with Crippen molar-refractivity contribution in [3.05, 3.63) is 22.2 Å². The number of rotatable bonds is 4. The van der Waals surface area contributed by atoms with Gasteiger partial charge in [0, 0.05) is 31.6 Å². The Morgan fingerprint density at radius 3 is 3.05 bits per heavy atom. The van der Waals surface area contributed by atoms with Gasteiger partial charge in [-0.25, -0.2) is 9.78 Å². The summed E-state index contributed by atoms with van der Waals surface area (Å²) in [6, 6.07) is 1.03. The minimum Gasteiger partial charge on any atom is -0.464 e. The Kier molecular flexibility index (Phi) is 3.92. The Labute approximate surface area is 122 Å². The predicted octanol–water partition coefficient (Wildman–Crippen LogP) is -0.0114. The standard InChI is InChI=1S/C14H20N4O3/c1-2-21-14(20)10-8-15-5-6-18(10)11-7-12(19)17-13(16-11)9-3-4-9/h7,9-10,15H,2-6,8H2,1H3,(H,16,17,19). The van der Waals surface area contributed by atoms with E-state index in [-0.39, 0.29) is 11.5 Å². The Morgan fingerprint density at radius 2 is 2.33 bits per heavy atom. The number of nitrogens with one attached hydrogen (secondary N) is 2. The van der Waals surface area contributed by atoms with Crippen LogP contribution in [0.25, 0.3) is 0 Å². The van der Waals surface area contributed by atoms with Crippen molar-refractivity contribution in [2.24, 2.45) is 0 Å². The van der Waals surface area contributed by atoms with Gasteiger partial charge in [-0.1, -0.05) is 0 Å². The van der Waals surface area contributed by atoms with Gasteiger partial charge >= 0.3 is 5.97 Å². The summed E-state index contributed by atoms with van der Waals surface area (Å²) in [5.41, 5.74) is -0.164. The monoisotopic (exact) mass is 292 g/mol. The molecule has 1 saturated carbocycles. The molecule has 1 aromatic rings. The van der Waals surface area contributed by atoms with E-state index in [0.29, 0.717) is 31.4 Å². The maximum atomic E-state index is 12.1. The third kappa shape index (κ3) is 3.07. The summed E-state index contributed by atoms with van der Waals surface area (Å²) in [7, 11) is 0. The molecule has 1 unspecified atom stereocenters. The van der Waals surface area contributed by atoms with Crippen LogP contribution < -0.4 is 15.8 Å². The smallest absolute Gasteiger partial charge is 0.330 e. The number of H-pyrrole nitrogens is 1. The average Bonchev–Trinajstić information content (AvgIpc) is 3.31. The molecule has 1 aliphatic heterocycles. The summed E-state index contributed by atoms with van der Waals surface area (Å²) in [6.07, 6.45) is 2.13. The number of aromatic nitrogens is 2. The van der Waals surface area contributed by atoms with Crippen LogP contribution in [0.2, 0.25) is 0 Å². The van der Waals surface area contributed by atoms with Crippen LogP contribution in [0.15, 0.2) is 10.9 Å². The molecule has 114 valence electrons. The van der Waals surface area contributed by atoms with Gasteiger partial charge in [0.25, 0.3) is 5.56 Å². The largest absolute Gasteiger partial charge is 0.464 e. The van der Waals surface area contributed by atoms with E-state index in [4.69, 9.17) is 4.74 Å². The van der Waals surface area contributed by atoms with Crippen molar-refractivity contribution >= 4 is 11.8 Å². The first-order chi connectivity index (χ1) is 10.2. The molecule has 0 spiro atoms. The van der Waals surface area contributed by atoms with Gasteiger partial charge in [0.15, 0.2) is 0 Å². The summed E-state index contributed by atoms with van der Waals surface area (Å²) in [5, 5.41) is 3.18. The number of anilines is 1. The first-order valence-electron chi connectivity index (χ1n) is 7.44. The summed E-state index contributed by atoms with van der Waals surface area (Å²) < 4.78 is 5.12. The van der Waals surface area contributed by atoms with Crippen LogP contribution in [-0.4, -0.2) is 48.2 Å². The summed E-state index contributed by atoms with van der Waals surface area (Å²) in [5.74, 6) is 1.39.